The van der Waals surface area contributed by atoms with E-state index in [2.05, 4.69) is 14.6 Å². The zero-order valence-corrected chi connectivity index (χ0v) is 17.0. The standard InChI is InChI=1S/C18H18Cl2N4O2S/c1-12-15(27-23-22-12)18(19,20)14(17(26)24-10-6-3-7-11-24)21-16(25)13-8-4-2-5-9-13/h2,4-5,8-9H,3,6-7,10-11H2,1H3. The maximum atomic E-state index is 13.2. The van der Waals surface area contributed by atoms with Gasteiger partial charge in [0.05, 0.1) is 10.6 Å². The minimum Gasteiger partial charge on any atom is -0.337 e. The summed E-state index contributed by atoms with van der Waals surface area (Å²) in [5, 5.41) is 3.91. The van der Waals surface area contributed by atoms with Crippen LogP contribution in [-0.4, -0.2) is 45.1 Å². The van der Waals surface area contributed by atoms with Gasteiger partial charge >= 0.3 is 0 Å². The van der Waals surface area contributed by atoms with E-state index in [1.165, 1.54) is 0 Å². The van der Waals surface area contributed by atoms with Crippen molar-refractivity contribution in [3.8, 4) is 0 Å². The fourth-order valence-corrected chi connectivity index (χ4v) is 4.23. The molecule has 1 saturated heterocycles. The smallest absolute Gasteiger partial charge is 0.277 e. The summed E-state index contributed by atoms with van der Waals surface area (Å²) in [6.07, 6.45) is 2.85. The van der Waals surface area contributed by atoms with Gasteiger partial charge in [-0.25, -0.2) is 4.99 Å². The number of hydrogen-bond donors (Lipinski definition) is 0. The largest absolute Gasteiger partial charge is 0.337 e. The molecule has 0 radical (unpaired) electrons. The molecule has 0 N–H and O–H groups in total. The number of halogens is 2. The van der Waals surface area contributed by atoms with E-state index < -0.39 is 16.1 Å². The van der Waals surface area contributed by atoms with Crippen molar-refractivity contribution in [2.45, 2.75) is 30.5 Å². The predicted molar refractivity (Wildman–Crippen MR) is 107 cm³/mol. The van der Waals surface area contributed by atoms with Crippen molar-refractivity contribution in [1.29, 1.82) is 0 Å². The second kappa shape index (κ2) is 8.46. The van der Waals surface area contributed by atoms with Gasteiger partial charge in [-0.1, -0.05) is 45.9 Å². The van der Waals surface area contributed by atoms with Crippen molar-refractivity contribution in [2.24, 2.45) is 4.99 Å². The zero-order chi connectivity index (χ0) is 19.4. The Morgan fingerprint density at radius 1 is 1.15 bits per heavy atom. The summed E-state index contributed by atoms with van der Waals surface area (Å²) in [7, 11) is 0. The first-order chi connectivity index (χ1) is 12.9. The van der Waals surface area contributed by atoms with Gasteiger partial charge in [-0.3, -0.25) is 9.59 Å². The maximum absolute atomic E-state index is 13.2. The van der Waals surface area contributed by atoms with Crippen LogP contribution < -0.4 is 0 Å². The fraction of sp³-hybridized carbons (Fsp3) is 0.389. The first kappa shape index (κ1) is 19.9. The molecule has 6 nitrogen and oxygen atoms in total. The van der Waals surface area contributed by atoms with Gasteiger partial charge in [-0.15, -0.1) is 5.10 Å². The summed E-state index contributed by atoms with van der Waals surface area (Å²) in [5.41, 5.74) is 0.636. The summed E-state index contributed by atoms with van der Waals surface area (Å²) in [5.74, 6) is -1.01. The normalized spacial score (nSPS) is 15.7. The Labute approximate surface area is 171 Å². The highest BCUT2D eigenvalue weighted by Gasteiger charge is 2.43. The summed E-state index contributed by atoms with van der Waals surface area (Å²) in [6, 6.07) is 8.48. The number of amides is 2. The quantitative estimate of drug-likeness (QED) is 0.552. The molecule has 0 aliphatic carbocycles. The molecule has 1 aliphatic heterocycles. The van der Waals surface area contributed by atoms with E-state index in [0.717, 1.165) is 30.8 Å². The molecule has 0 bridgehead atoms. The van der Waals surface area contributed by atoms with Crippen LogP contribution in [0.2, 0.25) is 0 Å². The molecule has 9 heteroatoms. The Morgan fingerprint density at radius 3 is 2.41 bits per heavy atom. The molecular weight excluding hydrogens is 407 g/mol. The molecule has 0 saturated carbocycles. The Balaban J connectivity index is 2.03. The third-order valence-electron chi connectivity index (χ3n) is 4.31. The third kappa shape index (κ3) is 4.36. The Bertz CT molecular complexity index is 861. The minimum absolute atomic E-state index is 0.212. The highest BCUT2D eigenvalue weighted by molar-refractivity contribution is 7.07. The van der Waals surface area contributed by atoms with Crippen molar-refractivity contribution in [2.75, 3.05) is 13.1 Å². The SMILES string of the molecule is Cc1nnsc1C(Cl)(Cl)C(=NC(=O)c1ccccc1)C(=O)N1CCCCC1. The maximum Gasteiger partial charge on any atom is 0.277 e. The molecular formula is C18H18Cl2N4O2S. The van der Waals surface area contributed by atoms with E-state index in [1.807, 2.05) is 0 Å². The summed E-state index contributed by atoms with van der Waals surface area (Å²) >= 11 is 14.2. The van der Waals surface area contributed by atoms with Gasteiger partial charge in [0, 0.05) is 18.7 Å². The van der Waals surface area contributed by atoms with Crippen molar-refractivity contribution >= 4 is 52.3 Å². The van der Waals surface area contributed by atoms with Gasteiger partial charge in [0.15, 0.2) is 5.71 Å². The third-order valence-corrected chi connectivity index (χ3v) is 6.22. The van der Waals surface area contributed by atoms with Crippen LogP contribution in [0.5, 0.6) is 0 Å². The van der Waals surface area contributed by atoms with Crippen LogP contribution in [0.25, 0.3) is 0 Å². The molecule has 3 rings (SSSR count). The molecule has 2 heterocycles. The predicted octanol–water partition coefficient (Wildman–Crippen LogP) is 3.77. The average Bonchev–Trinajstić information content (AvgIpc) is 3.13. The number of likely N-dealkylation sites (tertiary alicyclic amines) is 1. The van der Waals surface area contributed by atoms with Gasteiger partial charge in [-0.05, 0) is 49.9 Å². The molecule has 2 aromatic rings. The lowest BCUT2D eigenvalue weighted by Gasteiger charge is -2.30. The lowest BCUT2D eigenvalue weighted by molar-refractivity contribution is -0.125. The summed E-state index contributed by atoms with van der Waals surface area (Å²) in [4.78, 5) is 31.9. The van der Waals surface area contributed by atoms with Crippen molar-refractivity contribution in [1.82, 2.24) is 14.5 Å². The van der Waals surface area contributed by atoms with Crippen molar-refractivity contribution < 1.29 is 9.59 Å². The molecule has 27 heavy (non-hydrogen) atoms. The van der Waals surface area contributed by atoms with Crippen molar-refractivity contribution in [3.63, 3.8) is 0 Å². The monoisotopic (exact) mass is 424 g/mol. The second-order valence-corrected chi connectivity index (χ2v) is 8.33. The van der Waals surface area contributed by atoms with Gasteiger partial charge in [0.1, 0.15) is 0 Å². The van der Waals surface area contributed by atoms with E-state index in [1.54, 1.807) is 42.2 Å². The lowest BCUT2D eigenvalue weighted by Crippen LogP contribution is -2.45. The van der Waals surface area contributed by atoms with Crippen LogP contribution in [0.3, 0.4) is 0 Å². The molecule has 0 spiro atoms. The first-order valence-electron chi connectivity index (χ1n) is 8.56. The van der Waals surface area contributed by atoms with E-state index in [9.17, 15) is 9.59 Å². The Morgan fingerprint density at radius 2 is 1.81 bits per heavy atom. The molecule has 1 aromatic heterocycles. The molecule has 1 aromatic carbocycles. The molecule has 1 fully saturated rings. The summed E-state index contributed by atoms with van der Waals surface area (Å²) in [6.45, 7) is 2.86. The number of aromatic nitrogens is 2. The highest BCUT2D eigenvalue weighted by Crippen LogP contribution is 2.40. The number of benzene rings is 1. The van der Waals surface area contributed by atoms with E-state index in [-0.39, 0.29) is 5.71 Å². The van der Waals surface area contributed by atoms with Gasteiger partial charge in [0.2, 0.25) is 4.33 Å². The lowest BCUT2D eigenvalue weighted by atomic mass is 10.1. The van der Waals surface area contributed by atoms with Crippen LogP contribution >= 0.6 is 34.7 Å². The van der Waals surface area contributed by atoms with Crippen LogP contribution in [0, 0.1) is 6.92 Å². The zero-order valence-electron chi connectivity index (χ0n) is 14.7. The Hall–Kier alpha value is -1.83. The first-order valence-corrected chi connectivity index (χ1v) is 10.1. The molecule has 1 aliphatic rings. The number of rotatable bonds is 4. The fourth-order valence-electron chi connectivity index (χ4n) is 2.87. The van der Waals surface area contributed by atoms with Crippen LogP contribution in [0.4, 0.5) is 0 Å². The molecule has 2 amide bonds. The summed E-state index contributed by atoms with van der Waals surface area (Å²) < 4.78 is 2.03. The number of carbonyl (C=O) groups excluding carboxylic acids is 2. The van der Waals surface area contributed by atoms with Gasteiger partial charge < -0.3 is 4.90 Å². The number of piperidine rings is 1. The average molecular weight is 425 g/mol. The van der Waals surface area contributed by atoms with E-state index in [4.69, 9.17) is 23.2 Å². The van der Waals surface area contributed by atoms with E-state index in [0.29, 0.717) is 29.2 Å². The molecule has 142 valence electrons. The highest BCUT2D eigenvalue weighted by atomic mass is 35.5. The topological polar surface area (TPSA) is 75.5 Å². The van der Waals surface area contributed by atoms with Crippen LogP contribution in [-0.2, 0) is 9.13 Å². The van der Waals surface area contributed by atoms with Gasteiger partial charge in [0.25, 0.3) is 11.8 Å². The Kier molecular flexibility index (Phi) is 6.24. The molecule has 0 unspecified atom stereocenters. The molecule has 0 atom stereocenters. The second-order valence-electron chi connectivity index (χ2n) is 6.25. The number of aliphatic imine (C=N–C) groups is 1. The number of carbonyl (C=O) groups is 2. The number of hydrogen-bond acceptors (Lipinski definition) is 5. The van der Waals surface area contributed by atoms with Gasteiger partial charge in [-0.2, -0.15) is 0 Å². The van der Waals surface area contributed by atoms with E-state index >= 15 is 0 Å². The van der Waals surface area contributed by atoms with Crippen LogP contribution in [0.15, 0.2) is 35.3 Å². The number of nitrogens with zero attached hydrogens (tertiary/aromatic N) is 4. The van der Waals surface area contributed by atoms with Crippen molar-refractivity contribution in [3.05, 3.63) is 46.5 Å². The number of aryl methyl sites for hydroxylation is 1. The minimum atomic E-state index is -1.81. The number of alkyl halides is 2. The van der Waals surface area contributed by atoms with Crippen LogP contribution in [0.1, 0.15) is 40.2 Å².